The lowest BCUT2D eigenvalue weighted by Gasteiger charge is -2.39. The number of hydrogen-bond acceptors (Lipinski definition) is 7. The lowest BCUT2D eigenvalue weighted by atomic mass is 10.0. The van der Waals surface area contributed by atoms with Crippen LogP contribution >= 0.6 is 0 Å². The first kappa shape index (κ1) is 30.5. The summed E-state index contributed by atoms with van der Waals surface area (Å²) in [7, 11) is 1.97. The number of morpholine rings is 1. The van der Waals surface area contributed by atoms with Crippen LogP contribution in [0.25, 0.3) is 11.1 Å². The minimum absolute atomic E-state index is 0.0268. The summed E-state index contributed by atoms with van der Waals surface area (Å²) in [6.45, 7) is 8.98. The second kappa shape index (κ2) is 12.0. The second-order valence-electron chi connectivity index (χ2n) is 11.3. The van der Waals surface area contributed by atoms with E-state index in [0.29, 0.717) is 55.9 Å². The molecular formula is C30H34F4N6O3. The number of H-pyrrole nitrogens is 1. The van der Waals surface area contributed by atoms with Gasteiger partial charge in [0.15, 0.2) is 0 Å². The van der Waals surface area contributed by atoms with E-state index in [2.05, 4.69) is 25.1 Å². The molecule has 2 aliphatic heterocycles. The molecule has 2 aromatic heterocycles. The van der Waals surface area contributed by atoms with Crippen LogP contribution in [0.5, 0.6) is 0 Å². The van der Waals surface area contributed by atoms with Crippen molar-refractivity contribution in [2.24, 2.45) is 0 Å². The van der Waals surface area contributed by atoms with E-state index in [-0.39, 0.29) is 29.5 Å². The molecule has 5 rings (SSSR count). The average Bonchev–Trinajstić information content (AvgIpc) is 2.94. The summed E-state index contributed by atoms with van der Waals surface area (Å²) in [5.74, 6) is -0.947. The molecule has 0 radical (unpaired) electrons. The molecule has 0 aliphatic carbocycles. The van der Waals surface area contributed by atoms with Crippen molar-refractivity contribution in [2.45, 2.75) is 45.2 Å². The fraction of sp³-hybridized carbons (Fsp3) is 0.433. The number of nitrogens with one attached hydrogen (secondary N) is 2. The van der Waals surface area contributed by atoms with Crippen LogP contribution in [0.3, 0.4) is 0 Å². The summed E-state index contributed by atoms with van der Waals surface area (Å²) in [5.41, 5.74) is -2.07. The lowest BCUT2D eigenvalue weighted by molar-refractivity contribution is -0.138. The molecule has 43 heavy (non-hydrogen) atoms. The number of carbonyl (C=O) groups is 1. The Morgan fingerprint density at radius 3 is 2.40 bits per heavy atom. The molecule has 2 aliphatic rings. The molecule has 1 amide bonds. The highest BCUT2D eigenvalue weighted by Crippen LogP contribution is 2.37. The maximum Gasteiger partial charge on any atom is 0.417 e. The van der Waals surface area contributed by atoms with Crippen LogP contribution in [0.2, 0.25) is 0 Å². The van der Waals surface area contributed by atoms with Crippen LogP contribution in [0.4, 0.5) is 34.8 Å². The first-order chi connectivity index (χ1) is 20.3. The van der Waals surface area contributed by atoms with Gasteiger partial charge in [0.1, 0.15) is 11.6 Å². The van der Waals surface area contributed by atoms with Crippen molar-refractivity contribution < 1.29 is 27.1 Å². The Labute approximate surface area is 246 Å². The van der Waals surface area contributed by atoms with Gasteiger partial charge in [0, 0.05) is 68.4 Å². The number of pyridine rings is 2. The standard InChI is InChI=1S/C30H34F4N6O3/c1-17-14-39(8-7-38(17)4)26-11-24(31)21(20-5-6-27(35-12-20)40-15-18(2)43-19(3)16-40)9-25(26)37-29(42)22-13-36-28(41)10-23(22)30(32,33)34/h5-6,9-13,17-19H,7-8,14-16H2,1-4H3,(H,36,41)(H,37,42)/t17-,18-,19+/m0/s1. The number of alkyl halides is 3. The molecule has 2 N–H and O–H groups in total. The Morgan fingerprint density at radius 2 is 1.77 bits per heavy atom. The molecular weight excluding hydrogens is 568 g/mol. The summed E-state index contributed by atoms with van der Waals surface area (Å²) in [5, 5.41) is 2.57. The maximum atomic E-state index is 15.7. The van der Waals surface area contributed by atoms with Crippen LogP contribution in [0, 0.1) is 5.82 Å². The van der Waals surface area contributed by atoms with E-state index in [1.165, 1.54) is 18.3 Å². The lowest BCUT2D eigenvalue weighted by Crippen LogP contribution is -2.50. The largest absolute Gasteiger partial charge is 0.417 e. The molecule has 2 saturated heterocycles. The summed E-state index contributed by atoms with van der Waals surface area (Å²) < 4.78 is 62.7. The molecule has 0 saturated carbocycles. The molecule has 3 atom stereocenters. The van der Waals surface area contributed by atoms with Crippen molar-refractivity contribution >= 4 is 23.1 Å². The van der Waals surface area contributed by atoms with Gasteiger partial charge in [-0.2, -0.15) is 13.2 Å². The molecule has 0 bridgehead atoms. The Hall–Kier alpha value is -3.97. The summed E-state index contributed by atoms with van der Waals surface area (Å²) in [6, 6.07) is 6.66. The minimum Gasteiger partial charge on any atom is -0.372 e. The zero-order chi connectivity index (χ0) is 31.1. The number of halogens is 4. The second-order valence-corrected chi connectivity index (χ2v) is 11.3. The van der Waals surface area contributed by atoms with E-state index in [1.54, 1.807) is 12.1 Å². The van der Waals surface area contributed by atoms with Gasteiger partial charge in [-0.05, 0) is 52.1 Å². The zero-order valence-electron chi connectivity index (χ0n) is 24.3. The number of ether oxygens (including phenoxy) is 1. The van der Waals surface area contributed by atoms with E-state index < -0.39 is 34.6 Å². The molecule has 2 fully saturated rings. The molecule has 3 aromatic rings. The smallest absolute Gasteiger partial charge is 0.372 e. The highest BCUT2D eigenvalue weighted by molar-refractivity contribution is 6.07. The number of likely N-dealkylation sites (N-methyl/N-ethyl adjacent to an activating group) is 1. The van der Waals surface area contributed by atoms with Gasteiger partial charge in [0.25, 0.3) is 5.91 Å². The third kappa shape index (κ3) is 6.67. The molecule has 0 unspecified atom stereocenters. The van der Waals surface area contributed by atoms with E-state index >= 15 is 4.39 Å². The number of piperazine rings is 1. The summed E-state index contributed by atoms with van der Waals surface area (Å²) >= 11 is 0. The van der Waals surface area contributed by atoms with Gasteiger partial charge in [0.2, 0.25) is 5.56 Å². The number of aromatic amines is 1. The van der Waals surface area contributed by atoms with Crippen molar-refractivity contribution in [3.8, 4) is 11.1 Å². The highest BCUT2D eigenvalue weighted by Gasteiger charge is 2.36. The predicted molar refractivity (Wildman–Crippen MR) is 156 cm³/mol. The number of amides is 1. The zero-order valence-corrected chi connectivity index (χ0v) is 24.3. The normalized spacial score (nSPS) is 21.6. The first-order valence-corrected chi connectivity index (χ1v) is 14.1. The number of anilines is 3. The number of aromatic nitrogens is 2. The van der Waals surface area contributed by atoms with Crippen molar-refractivity contribution in [3.63, 3.8) is 0 Å². The third-order valence-corrected chi connectivity index (χ3v) is 7.91. The number of nitrogens with zero attached hydrogens (tertiary/aromatic N) is 4. The number of carbonyl (C=O) groups excluding carboxylic acids is 1. The van der Waals surface area contributed by atoms with Crippen LogP contribution in [-0.2, 0) is 10.9 Å². The van der Waals surface area contributed by atoms with Gasteiger partial charge < -0.3 is 29.7 Å². The van der Waals surface area contributed by atoms with Crippen LogP contribution in [0.15, 0.2) is 47.5 Å². The van der Waals surface area contributed by atoms with E-state index in [9.17, 15) is 22.8 Å². The maximum absolute atomic E-state index is 15.7. The van der Waals surface area contributed by atoms with Crippen molar-refractivity contribution in [3.05, 3.63) is 70.0 Å². The van der Waals surface area contributed by atoms with Crippen LogP contribution in [-0.4, -0.2) is 78.8 Å². The molecule has 13 heteroatoms. The monoisotopic (exact) mass is 602 g/mol. The van der Waals surface area contributed by atoms with Crippen molar-refractivity contribution in [1.82, 2.24) is 14.9 Å². The van der Waals surface area contributed by atoms with Crippen molar-refractivity contribution in [1.29, 1.82) is 0 Å². The molecule has 230 valence electrons. The topological polar surface area (TPSA) is 93.8 Å². The van der Waals surface area contributed by atoms with Gasteiger partial charge in [0.05, 0.1) is 34.7 Å². The van der Waals surface area contributed by atoms with Gasteiger partial charge >= 0.3 is 6.18 Å². The summed E-state index contributed by atoms with van der Waals surface area (Å²) in [4.78, 5) is 37.7. The quantitative estimate of drug-likeness (QED) is 0.413. The first-order valence-electron chi connectivity index (χ1n) is 14.1. The molecule has 9 nitrogen and oxygen atoms in total. The minimum atomic E-state index is -4.94. The fourth-order valence-electron chi connectivity index (χ4n) is 5.59. The van der Waals surface area contributed by atoms with Crippen LogP contribution in [0.1, 0.15) is 36.7 Å². The Balaban J connectivity index is 1.52. The third-order valence-electron chi connectivity index (χ3n) is 7.91. The Bertz CT molecular complexity index is 1530. The Kier molecular flexibility index (Phi) is 8.48. The number of benzene rings is 1. The van der Waals surface area contributed by atoms with Crippen molar-refractivity contribution in [2.75, 3.05) is 54.9 Å². The van der Waals surface area contributed by atoms with E-state index in [0.717, 1.165) is 6.20 Å². The van der Waals surface area contributed by atoms with Gasteiger partial charge in [-0.15, -0.1) is 0 Å². The van der Waals surface area contributed by atoms with E-state index in [1.807, 2.05) is 32.7 Å². The number of hydrogen-bond donors (Lipinski definition) is 2. The highest BCUT2D eigenvalue weighted by atomic mass is 19.4. The van der Waals surface area contributed by atoms with E-state index in [4.69, 9.17) is 4.74 Å². The summed E-state index contributed by atoms with van der Waals surface area (Å²) in [6.07, 6.45) is -2.61. The number of rotatable bonds is 5. The predicted octanol–water partition coefficient (Wildman–Crippen LogP) is 4.60. The molecule has 0 spiro atoms. The average molecular weight is 603 g/mol. The molecule has 4 heterocycles. The SMILES string of the molecule is C[C@@H]1CN(c2ccc(-c3cc(NC(=O)c4c[nH]c(=O)cc4C(F)(F)F)c(N4CCN(C)[C@@H](C)C4)cc3F)cn2)C[C@H](C)O1. The Morgan fingerprint density at radius 1 is 1.05 bits per heavy atom. The van der Waals surface area contributed by atoms with Gasteiger partial charge in [-0.25, -0.2) is 9.37 Å². The van der Waals surface area contributed by atoms with Gasteiger partial charge in [-0.3, -0.25) is 9.59 Å². The van der Waals surface area contributed by atoms with Crippen LogP contribution < -0.4 is 20.7 Å². The molecule has 1 aromatic carbocycles. The fourth-order valence-corrected chi connectivity index (χ4v) is 5.59. The van der Waals surface area contributed by atoms with Gasteiger partial charge in [-0.1, -0.05) is 0 Å².